The van der Waals surface area contributed by atoms with E-state index in [2.05, 4.69) is 0 Å². The summed E-state index contributed by atoms with van der Waals surface area (Å²) in [6.45, 7) is 7.92. The lowest BCUT2D eigenvalue weighted by Gasteiger charge is -2.30. The number of nitrogens with zero attached hydrogens (tertiary/aromatic N) is 1. The molecular formula is C26H31NO7. The van der Waals surface area contributed by atoms with Crippen molar-refractivity contribution in [2.75, 3.05) is 27.1 Å². The number of likely N-dealkylation sites (tertiary alicyclic amines) is 1. The van der Waals surface area contributed by atoms with E-state index in [1.165, 1.54) is 0 Å². The van der Waals surface area contributed by atoms with Crippen LogP contribution in [-0.4, -0.2) is 49.6 Å². The topological polar surface area (TPSA) is 83.5 Å². The van der Waals surface area contributed by atoms with Gasteiger partial charge in [-0.15, -0.1) is 0 Å². The summed E-state index contributed by atoms with van der Waals surface area (Å²) >= 11 is 0. The van der Waals surface area contributed by atoms with Crippen LogP contribution in [-0.2, 0) is 14.3 Å². The molecule has 2 aromatic rings. The first-order valence-electron chi connectivity index (χ1n) is 11.4. The third-order valence-corrected chi connectivity index (χ3v) is 5.97. The second-order valence-corrected chi connectivity index (χ2v) is 9.35. The monoisotopic (exact) mass is 469 g/mol. The van der Waals surface area contributed by atoms with Crippen LogP contribution in [0.2, 0.25) is 0 Å². The minimum atomic E-state index is -0.683. The van der Waals surface area contributed by atoms with Gasteiger partial charge in [0.2, 0.25) is 6.79 Å². The summed E-state index contributed by atoms with van der Waals surface area (Å²) in [7, 11) is 1.59. The molecule has 0 radical (unpaired) electrons. The summed E-state index contributed by atoms with van der Waals surface area (Å²) in [6.07, 6.45) is -0.481. The SMILES string of the molecule is CCOC(=O)[C@@H]1[C@@H](c2ccc3c(c2)OCO3)CN(C(=O)OC(C)(C)C)[C@H]1c1ccc(OC)cc1. The van der Waals surface area contributed by atoms with Gasteiger partial charge in [0.25, 0.3) is 0 Å². The Labute approximate surface area is 199 Å². The molecule has 0 aromatic heterocycles. The van der Waals surface area contributed by atoms with Crippen LogP contribution in [0.5, 0.6) is 17.2 Å². The molecular weight excluding hydrogens is 438 g/mol. The van der Waals surface area contributed by atoms with Crippen LogP contribution in [0, 0.1) is 5.92 Å². The van der Waals surface area contributed by atoms with Crippen molar-refractivity contribution in [2.45, 2.75) is 45.3 Å². The number of benzene rings is 2. The summed E-state index contributed by atoms with van der Waals surface area (Å²) in [5.41, 5.74) is 0.984. The van der Waals surface area contributed by atoms with Crippen LogP contribution < -0.4 is 14.2 Å². The number of rotatable bonds is 5. The van der Waals surface area contributed by atoms with Gasteiger partial charge in [0.05, 0.1) is 25.7 Å². The van der Waals surface area contributed by atoms with E-state index in [9.17, 15) is 9.59 Å². The number of esters is 1. The molecule has 2 aliphatic heterocycles. The van der Waals surface area contributed by atoms with E-state index >= 15 is 0 Å². The number of methoxy groups -OCH3 is 1. The highest BCUT2D eigenvalue weighted by Crippen LogP contribution is 2.48. The minimum Gasteiger partial charge on any atom is -0.497 e. The molecule has 1 saturated heterocycles. The first-order chi connectivity index (χ1) is 16.2. The summed E-state index contributed by atoms with van der Waals surface area (Å²) in [6, 6.07) is 12.4. The molecule has 34 heavy (non-hydrogen) atoms. The first-order valence-corrected chi connectivity index (χ1v) is 11.4. The molecule has 0 N–H and O–H groups in total. The van der Waals surface area contributed by atoms with E-state index < -0.39 is 23.7 Å². The predicted molar refractivity (Wildman–Crippen MR) is 124 cm³/mol. The number of amides is 1. The molecule has 0 unspecified atom stereocenters. The standard InChI is InChI=1S/C26H31NO7/c1-6-31-24(28)22-19(17-9-12-20-21(13-17)33-15-32-20)14-27(25(29)34-26(2,3)4)23(22)16-7-10-18(30-5)11-8-16/h7-13,19,22-23H,6,14-15H2,1-5H3/t19-,22-,23+/m1/s1. The van der Waals surface area contributed by atoms with Gasteiger partial charge in [0.1, 0.15) is 11.4 Å². The van der Waals surface area contributed by atoms with E-state index in [1.54, 1.807) is 18.9 Å². The highest BCUT2D eigenvalue weighted by Gasteiger charge is 2.51. The molecule has 0 saturated carbocycles. The van der Waals surface area contributed by atoms with Gasteiger partial charge in [0, 0.05) is 12.5 Å². The average molecular weight is 470 g/mol. The Hall–Kier alpha value is -3.42. The second-order valence-electron chi connectivity index (χ2n) is 9.35. The Bertz CT molecular complexity index is 1040. The van der Waals surface area contributed by atoms with Crippen LogP contribution in [0.4, 0.5) is 4.79 Å². The molecule has 0 bridgehead atoms. The number of hydrogen-bond donors (Lipinski definition) is 0. The predicted octanol–water partition coefficient (Wildman–Crippen LogP) is 4.68. The van der Waals surface area contributed by atoms with Crippen LogP contribution in [0.15, 0.2) is 42.5 Å². The molecule has 1 fully saturated rings. The molecule has 2 aromatic carbocycles. The maximum atomic E-state index is 13.3. The van der Waals surface area contributed by atoms with Gasteiger partial charge in [-0.3, -0.25) is 9.69 Å². The van der Waals surface area contributed by atoms with Gasteiger partial charge in [-0.2, -0.15) is 0 Å². The summed E-state index contributed by atoms with van der Waals surface area (Å²) in [5, 5.41) is 0. The van der Waals surface area contributed by atoms with Crippen molar-refractivity contribution in [1.29, 1.82) is 0 Å². The molecule has 2 heterocycles. The van der Waals surface area contributed by atoms with E-state index in [4.69, 9.17) is 23.7 Å². The van der Waals surface area contributed by atoms with Crippen molar-refractivity contribution in [3.63, 3.8) is 0 Å². The normalized spacial score (nSPS) is 21.3. The largest absolute Gasteiger partial charge is 0.497 e. The molecule has 3 atom stereocenters. The van der Waals surface area contributed by atoms with Crippen molar-refractivity contribution < 1.29 is 33.3 Å². The number of carbonyl (C=O) groups is 2. The van der Waals surface area contributed by atoms with E-state index in [-0.39, 0.29) is 31.8 Å². The Kier molecular flexibility index (Phi) is 6.59. The van der Waals surface area contributed by atoms with Gasteiger partial charge in [-0.05, 0) is 63.1 Å². The van der Waals surface area contributed by atoms with Crippen LogP contribution in [0.25, 0.3) is 0 Å². The molecule has 8 heteroatoms. The molecule has 0 aliphatic carbocycles. The maximum absolute atomic E-state index is 13.3. The van der Waals surface area contributed by atoms with Crippen LogP contribution in [0.1, 0.15) is 50.8 Å². The lowest BCUT2D eigenvalue weighted by molar-refractivity contribution is -0.149. The Morgan fingerprint density at radius 2 is 1.71 bits per heavy atom. The minimum absolute atomic E-state index is 0.156. The van der Waals surface area contributed by atoms with Crippen molar-refractivity contribution in [2.24, 2.45) is 5.92 Å². The van der Waals surface area contributed by atoms with Crippen molar-refractivity contribution in [3.8, 4) is 17.2 Å². The van der Waals surface area contributed by atoms with Crippen LogP contribution >= 0.6 is 0 Å². The smallest absolute Gasteiger partial charge is 0.410 e. The molecule has 8 nitrogen and oxygen atoms in total. The van der Waals surface area contributed by atoms with Crippen molar-refractivity contribution >= 4 is 12.1 Å². The third-order valence-electron chi connectivity index (χ3n) is 5.97. The average Bonchev–Trinajstić information content (AvgIpc) is 3.42. The lowest BCUT2D eigenvalue weighted by Crippen LogP contribution is -2.38. The first kappa shape index (κ1) is 23.7. The van der Waals surface area contributed by atoms with Crippen molar-refractivity contribution in [1.82, 2.24) is 4.90 Å². The van der Waals surface area contributed by atoms with Gasteiger partial charge in [-0.25, -0.2) is 4.79 Å². The summed E-state index contributed by atoms with van der Waals surface area (Å²) in [4.78, 5) is 28.3. The molecule has 4 rings (SSSR count). The van der Waals surface area contributed by atoms with Gasteiger partial charge in [0.15, 0.2) is 11.5 Å². The summed E-state index contributed by atoms with van der Waals surface area (Å²) in [5.74, 6) is 0.638. The zero-order valence-electron chi connectivity index (χ0n) is 20.2. The Morgan fingerprint density at radius 1 is 1.03 bits per heavy atom. The van der Waals surface area contributed by atoms with E-state index in [0.717, 1.165) is 11.1 Å². The highest BCUT2D eigenvalue weighted by atomic mass is 16.7. The number of ether oxygens (including phenoxy) is 5. The zero-order valence-corrected chi connectivity index (χ0v) is 20.2. The molecule has 0 spiro atoms. The maximum Gasteiger partial charge on any atom is 0.410 e. The van der Waals surface area contributed by atoms with Crippen molar-refractivity contribution in [3.05, 3.63) is 53.6 Å². The Balaban J connectivity index is 1.79. The fraction of sp³-hybridized carbons (Fsp3) is 0.462. The quantitative estimate of drug-likeness (QED) is 0.588. The Morgan fingerprint density at radius 3 is 2.35 bits per heavy atom. The third kappa shape index (κ3) is 4.76. The number of fused-ring (bicyclic) bond motifs is 1. The number of carbonyl (C=O) groups excluding carboxylic acids is 2. The van der Waals surface area contributed by atoms with E-state index in [0.29, 0.717) is 17.2 Å². The molecule has 182 valence electrons. The fourth-order valence-electron chi connectivity index (χ4n) is 4.54. The highest BCUT2D eigenvalue weighted by molar-refractivity contribution is 5.79. The lowest BCUT2D eigenvalue weighted by atomic mass is 9.82. The van der Waals surface area contributed by atoms with Gasteiger partial charge < -0.3 is 23.7 Å². The summed E-state index contributed by atoms with van der Waals surface area (Å²) < 4.78 is 27.5. The molecule has 1 amide bonds. The number of hydrogen-bond acceptors (Lipinski definition) is 7. The molecule has 2 aliphatic rings. The second kappa shape index (κ2) is 9.44. The van der Waals surface area contributed by atoms with Gasteiger partial charge >= 0.3 is 12.1 Å². The van der Waals surface area contributed by atoms with Gasteiger partial charge in [-0.1, -0.05) is 18.2 Å². The van der Waals surface area contributed by atoms with Crippen LogP contribution in [0.3, 0.4) is 0 Å². The van der Waals surface area contributed by atoms with E-state index in [1.807, 2.05) is 63.2 Å². The zero-order chi connectivity index (χ0) is 24.5. The fourth-order valence-corrected chi connectivity index (χ4v) is 4.54.